The van der Waals surface area contributed by atoms with E-state index in [1.807, 2.05) is 4.90 Å². The second-order valence-corrected chi connectivity index (χ2v) is 6.01. The minimum Gasteiger partial charge on any atom is -0.494 e. The Labute approximate surface area is 159 Å². The Morgan fingerprint density at radius 1 is 1.14 bits per heavy atom. The van der Waals surface area contributed by atoms with Crippen molar-refractivity contribution < 1.29 is 22.8 Å². The van der Waals surface area contributed by atoms with E-state index in [1.165, 1.54) is 13.2 Å². The molecule has 1 saturated heterocycles. The van der Waals surface area contributed by atoms with Crippen molar-refractivity contribution in [2.45, 2.75) is 0 Å². The number of methoxy groups -OCH3 is 1. The number of ether oxygens (including phenoxy) is 2. The molecule has 1 aliphatic rings. The molecule has 1 aromatic carbocycles. The third-order valence-corrected chi connectivity index (χ3v) is 4.22. The SMILES string of the molecule is COc1cc(F)c(-c2cc(Nc3ccnc(N4CCOCC4)n3)on2)cc1F. The Bertz CT molecular complexity index is 976. The van der Waals surface area contributed by atoms with Gasteiger partial charge < -0.3 is 24.2 Å². The van der Waals surface area contributed by atoms with Gasteiger partial charge in [0.15, 0.2) is 11.6 Å². The van der Waals surface area contributed by atoms with Gasteiger partial charge in [-0.3, -0.25) is 0 Å². The van der Waals surface area contributed by atoms with E-state index in [0.29, 0.717) is 38.1 Å². The summed E-state index contributed by atoms with van der Waals surface area (Å²) in [6, 6.07) is 5.10. The van der Waals surface area contributed by atoms with Crippen molar-refractivity contribution in [1.29, 1.82) is 0 Å². The number of nitrogens with one attached hydrogen (secondary N) is 1. The fraction of sp³-hybridized carbons (Fsp3) is 0.278. The lowest BCUT2D eigenvalue weighted by atomic mass is 10.1. The minimum absolute atomic E-state index is 0.0354. The van der Waals surface area contributed by atoms with Crippen LogP contribution in [0.4, 0.5) is 26.4 Å². The molecule has 0 atom stereocenters. The summed E-state index contributed by atoms with van der Waals surface area (Å²) in [5.41, 5.74) is 0.107. The third-order valence-electron chi connectivity index (χ3n) is 4.22. The number of aromatic nitrogens is 3. The summed E-state index contributed by atoms with van der Waals surface area (Å²) < 4.78 is 43.4. The second-order valence-electron chi connectivity index (χ2n) is 6.01. The van der Waals surface area contributed by atoms with E-state index in [-0.39, 0.29) is 22.9 Å². The molecule has 4 rings (SSSR count). The summed E-state index contributed by atoms with van der Waals surface area (Å²) in [6.07, 6.45) is 1.62. The van der Waals surface area contributed by atoms with Crippen LogP contribution in [0.3, 0.4) is 0 Å². The molecule has 0 amide bonds. The molecule has 1 fully saturated rings. The molecule has 3 heterocycles. The molecule has 3 aromatic rings. The van der Waals surface area contributed by atoms with E-state index in [9.17, 15) is 8.78 Å². The topological polar surface area (TPSA) is 85.5 Å². The average Bonchev–Trinajstić information content (AvgIpc) is 3.18. The van der Waals surface area contributed by atoms with Crippen LogP contribution in [0, 0.1) is 11.6 Å². The van der Waals surface area contributed by atoms with E-state index in [0.717, 1.165) is 12.1 Å². The molecule has 10 heteroatoms. The summed E-state index contributed by atoms with van der Waals surface area (Å²) >= 11 is 0. The first kappa shape index (κ1) is 18.1. The molecule has 1 aliphatic heterocycles. The normalized spacial score (nSPS) is 14.2. The highest BCUT2D eigenvalue weighted by Crippen LogP contribution is 2.30. The van der Waals surface area contributed by atoms with Crippen molar-refractivity contribution >= 4 is 17.7 Å². The van der Waals surface area contributed by atoms with Crippen LogP contribution >= 0.6 is 0 Å². The van der Waals surface area contributed by atoms with Crippen LogP contribution in [0.2, 0.25) is 0 Å². The Morgan fingerprint density at radius 2 is 1.96 bits per heavy atom. The van der Waals surface area contributed by atoms with Gasteiger partial charge in [-0.2, -0.15) is 4.98 Å². The summed E-state index contributed by atoms with van der Waals surface area (Å²) in [6.45, 7) is 2.66. The molecule has 28 heavy (non-hydrogen) atoms. The summed E-state index contributed by atoms with van der Waals surface area (Å²) in [7, 11) is 1.27. The van der Waals surface area contributed by atoms with Crippen LogP contribution < -0.4 is 15.0 Å². The molecule has 0 spiro atoms. The van der Waals surface area contributed by atoms with Crippen molar-refractivity contribution in [1.82, 2.24) is 15.1 Å². The zero-order valence-corrected chi connectivity index (χ0v) is 15.0. The highest BCUT2D eigenvalue weighted by atomic mass is 19.1. The molecule has 146 valence electrons. The summed E-state index contributed by atoms with van der Waals surface area (Å²) in [5, 5.41) is 6.75. The van der Waals surface area contributed by atoms with E-state index in [2.05, 4.69) is 20.4 Å². The van der Waals surface area contributed by atoms with Gasteiger partial charge in [-0.1, -0.05) is 5.16 Å². The number of hydrogen-bond acceptors (Lipinski definition) is 8. The number of benzene rings is 1. The van der Waals surface area contributed by atoms with Crippen molar-refractivity contribution in [2.75, 3.05) is 43.6 Å². The number of nitrogens with zero attached hydrogens (tertiary/aromatic N) is 4. The van der Waals surface area contributed by atoms with Gasteiger partial charge in [0.2, 0.25) is 11.8 Å². The van der Waals surface area contributed by atoms with E-state index in [1.54, 1.807) is 12.3 Å². The lowest BCUT2D eigenvalue weighted by Gasteiger charge is -2.26. The van der Waals surface area contributed by atoms with Crippen molar-refractivity contribution in [2.24, 2.45) is 0 Å². The lowest BCUT2D eigenvalue weighted by Crippen LogP contribution is -2.37. The van der Waals surface area contributed by atoms with E-state index in [4.69, 9.17) is 14.0 Å². The molecular weight excluding hydrogens is 372 g/mol. The molecule has 0 radical (unpaired) electrons. The lowest BCUT2D eigenvalue weighted by molar-refractivity contribution is 0.122. The van der Waals surface area contributed by atoms with Crippen molar-refractivity contribution in [3.63, 3.8) is 0 Å². The van der Waals surface area contributed by atoms with E-state index >= 15 is 0 Å². The molecule has 0 bridgehead atoms. The number of anilines is 3. The van der Waals surface area contributed by atoms with Gasteiger partial charge >= 0.3 is 0 Å². The molecule has 8 nitrogen and oxygen atoms in total. The average molecular weight is 389 g/mol. The molecular formula is C18H17F2N5O3. The van der Waals surface area contributed by atoms with Crippen molar-refractivity contribution in [3.05, 3.63) is 42.1 Å². The molecule has 0 aliphatic carbocycles. The monoisotopic (exact) mass is 389 g/mol. The third kappa shape index (κ3) is 3.72. The van der Waals surface area contributed by atoms with Gasteiger partial charge in [-0.05, 0) is 12.1 Å². The Kier molecular flexibility index (Phi) is 5.02. The number of hydrogen-bond donors (Lipinski definition) is 1. The molecule has 0 unspecified atom stereocenters. The zero-order valence-electron chi connectivity index (χ0n) is 15.0. The fourth-order valence-electron chi connectivity index (χ4n) is 2.80. The molecule has 0 saturated carbocycles. The predicted molar refractivity (Wildman–Crippen MR) is 96.8 cm³/mol. The number of halogens is 2. The van der Waals surface area contributed by atoms with E-state index < -0.39 is 11.6 Å². The highest BCUT2D eigenvalue weighted by Gasteiger charge is 2.17. The molecule has 1 N–H and O–H groups in total. The van der Waals surface area contributed by atoms with Crippen molar-refractivity contribution in [3.8, 4) is 17.0 Å². The summed E-state index contributed by atoms with van der Waals surface area (Å²) in [5.74, 6) is -0.258. The first-order valence-electron chi connectivity index (χ1n) is 8.57. The standard InChI is InChI=1S/C18H17F2N5O3/c1-26-15-9-12(19)11(8-13(15)20)14-10-17(28-24-14)22-16-2-3-21-18(23-16)25-4-6-27-7-5-25/h2-3,8-10H,4-7H2,1H3,(H,21,22,23). The Hall–Kier alpha value is -3.27. The van der Waals surface area contributed by atoms with Crippen LogP contribution in [0.5, 0.6) is 5.75 Å². The van der Waals surface area contributed by atoms with Crippen LogP contribution in [0.15, 0.2) is 35.0 Å². The zero-order chi connectivity index (χ0) is 19.5. The maximum Gasteiger partial charge on any atom is 0.230 e. The minimum atomic E-state index is -0.692. The first-order chi connectivity index (χ1) is 13.6. The maximum atomic E-state index is 14.2. The van der Waals surface area contributed by atoms with Gasteiger partial charge in [0.1, 0.15) is 17.3 Å². The largest absolute Gasteiger partial charge is 0.494 e. The Balaban J connectivity index is 1.53. The number of rotatable bonds is 5. The smallest absolute Gasteiger partial charge is 0.230 e. The quantitative estimate of drug-likeness (QED) is 0.713. The highest BCUT2D eigenvalue weighted by molar-refractivity contribution is 5.65. The van der Waals surface area contributed by atoms with Crippen LogP contribution in [-0.4, -0.2) is 48.5 Å². The fourth-order valence-corrected chi connectivity index (χ4v) is 2.80. The van der Waals surface area contributed by atoms with Gasteiger partial charge in [0.05, 0.1) is 20.3 Å². The van der Waals surface area contributed by atoms with Gasteiger partial charge in [0, 0.05) is 37.0 Å². The van der Waals surface area contributed by atoms with Gasteiger partial charge in [0.25, 0.3) is 0 Å². The van der Waals surface area contributed by atoms with Crippen LogP contribution in [0.1, 0.15) is 0 Å². The van der Waals surface area contributed by atoms with Crippen LogP contribution in [0.25, 0.3) is 11.3 Å². The van der Waals surface area contributed by atoms with Gasteiger partial charge in [-0.15, -0.1) is 0 Å². The maximum absolute atomic E-state index is 14.2. The summed E-state index contributed by atoms with van der Waals surface area (Å²) in [4.78, 5) is 10.7. The second kappa shape index (κ2) is 7.77. The van der Waals surface area contributed by atoms with Gasteiger partial charge in [-0.25, -0.2) is 13.8 Å². The number of morpholine rings is 1. The Morgan fingerprint density at radius 3 is 2.75 bits per heavy atom. The first-order valence-corrected chi connectivity index (χ1v) is 8.57. The van der Waals surface area contributed by atoms with Crippen LogP contribution in [-0.2, 0) is 4.74 Å². The molecule has 2 aromatic heterocycles. The predicted octanol–water partition coefficient (Wildman–Crippen LogP) is 3.00.